The molecule has 3 rings (SSSR count). The van der Waals surface area contributed by atoms with E-state index < -0.39 is 11.7 Å². The number of nitrogens with one attached hydrogen (secondary N) is 2. The highest BCUT2D eigenvalue weighted by atomic mass is 19.4. The summed E-state index contributed by atoms with van der Waals surface area (Å²) in [6, 6.07) is 14.8. The Morgan fingerprint density at radius 2 is 1.60 bits per heavy atom. The summed E-state index contributed by atoms with van der Waals surface area (Å²) in [7, 11) is 0. The normalized spacial score (nSPS) is 11.4. The molecule has 30 heavy (non-hydrogen) atoms. The SMILES string of the molecule is CCCCCc1ccccc1Nc1nc(Nc2ccccc2C)ncc1C(F)(F)F. The Kier molecular flexibility index (Phi) is 6.92. The Bertz CT molecular complexity index is 986. The molecule has 0 unspecified atom stereocenters. The van der Waals surface area contributed by atoms with Gasteiger partial charge in [-0.25, -0.2) is 4.98 Å². The van der Waals surface area contributed by atoms with Gasteiger partial charge in [0.25, 0.3) is 0 Å². The average molecular weight is 414 g/mol. The van der Waals surface area contributed by atoms with E-state index in [1.54, 1.807) is 12.1 Å². The highest BCUT2D eigenvalue weighted by molar-refractivity contribution is 5.66. The Hall–Kier alpha value is -3.09. The van der Waals surface area contributed by atoms with Crippen molar-refractivity contribution in [1.82, 2.24) is 9.97 Å². The molecular weight excluding hydrogens is 389 g/mol. The average Bonchev–Trinajstić information content (AvgIpc) is 2.70. The van der Waals surface area contributed by atoms with Crippen molar-refractivity contribution < 1.29 is 13.2 Å². The fourth-order valence-corrected chi connectivity index (χ4v) is 3.13. The molecule has 1 aromatic heterocycles. The molecule has 7 heteroatoms. The van der Waals surface area contributed by atoms with Crippen molar-refractivity contribution in [2.75, 3.05) is 10.6 Å². The summed E-state index contributed by atoms with van der Waals surface area (Å²) >= 11 is 0. The predicted molar refractivity (Wildman–Crippen MR) is 114 cm³/mol. The summed E-state index contributed by atoms with van der Waals surface area (Å²) in [5.41, 5.74) is 2.37. The summed E-state index contributed by atoms with van der Waals surface area (Å²) in [4.78, 5) is 8.04. The molecule has 0 saturated carbocycles. The van der Waals surface area contributed by atoms with Crippen molar-refractivity contribution in [3.05, 3.63) is 71.4 Å². The zero-order chi connectivity index (χ0) is 21.6. The number of rotatable bonds is 8. The third-order valence-corrected chi connectivity index (χ3v) is 4.81. The quantitative estimate of drug-likeness (QED) is 0.389. The molecule has 2 aromatic carbocycles. The maximum Gasteiger partial charge on any atom is 0.421 e. The van der Waals surface area contributed by atoms with Gasteiger partial charge in [0.1, 0.15) is 11.4 Å². The summed E-state index contributed by atoms with van der Waals surface area (Å²) in [6.07, 6.45) is 0.160. The fourth-order valence-electron chi connectivity index (χ4n) is 3.13. The summed E-state index contributed by atoms with van der Waals surface area (Å²) < 4.78 is 40.7. The van der Waals surface area contributed by atoms with Gasteiger partial charge in [0.2, 0.25) is 5.95 Å². The Morgan fingerprint density at radius 3 is 2.30 bits per heavy atom. The van der Waals surface area contributed by atoms with Crippen LogP contribution in [0.1, 0.15) is 42.9 Å². The van der Waals surface area contributed by atoms with Gasteiger partial charge >= 0.3 is 6.18 Å². The first-order valence-electron chi connectivity index (χ1n) is 10.0. The highest BCUT2D eigenvalue weighted by Gasteiger charge is 2.35. The first-order chi connectivity index (χ1) is 14.4. The van der Waals surface area contributed by atoms with Gasteiger partial charge in [-0.1, -0.05) is 56.2 Å². The van der Waals surface area contributed by atoms with Crippen LogP contribution in [0.15, 0.2) is 54.7 Å². The van der Waals surface area contributed by atoms with Crippen LogP contribution in [0.5, 0.6) is 0 Å². The van der Waals surface area contributed by atoms with E-state index in [2.05, 4.69) is 27.5 Å². The second-order valence-electron chi connectivity index (χ2n) is 7.13. The first kappa shape index (κ1) is 21.6. The van der Waals surface area contributed by atoms with Crippen LogP contribution in [-0.2, 0) is 12.6 Å². The monoisotopic (exact) mass is 414 g/mol. The van der Waals surface area contributed by atoms with Gasteiger partial charge in [0.05, 0.1) is 0 Å². The minimum Gasteiger partial charge on any atom is -0.339 e. The van der Waals surface area contributed by atoms with Gasteiger partial charge in [-0.05, 0) is 43.0 Å². The van der Waals surface area contributed by atoms with Gasteiger partial charge in [0.15, 0.2) is 0 Å². The highest BCUT2D eigenvalue weighted by Crippen LogP contribution is 2.36. The maximum atomic E-state index is 13.6. The Balaban J connectivity index is 1.93. The van der Waals surface area contributed by atoms with Crippen molar-refractivity contribution in [3.8, 4) is 0 Å². The first-order valence-corrected chi connectivity index (χ1v) is 10.0. The maximum absolute atomic E-state index is 13.6. The largest absolute Gasteiger partial charge is 0.421 e. The van der Waals surface area contributed by atoms with Crippen LogP contribution in [0.25, 0.3) is 0 Å². The summed E-state index contributed by atoms with van der Waals surface area (Å²) in [5.74, 6) is -0.167. The van der Waals surface area contributed by atoms with E-state index >= 15 is 0 Å². The van der Waals surface area contributed by atoms with Crippen LogP contribution in [-0.4, -0.2) is 9.97 Å². The molecule has 4 nitrogen and oxygen atoms in total. The number of aryl methyl sites for hydroxylation is 2. The molecule has 158 valence electrons. The molecule has 0 spiro atoms. The number of halogens is 3. The van der Waals surface area contributed by atoms with E-state index in [0.717, 1.165) is 48.7 Å². The third kappa shape index (κ3) is 5.49. The van der Waals surface area contributed by atoms with Crippen LogP contribution in [0.3, 0.4) is 0 Å². The molecule has 0 saturated heterocycles. The topological polar surface area (TPSA) is 49.8 Å². The Morgan fingerprint density at radius 1 is 0.900 bits per heavy atom. The smallest absolute Gasteiger partial charge is 0.339 e. The molecule has 0 aliphatic heterocycles. The van der Waals surface area contributed by atoms with Crippen LogP contribution in [0.4, 0.5) is 36.3 Å². The second-order valence-corrected chi connectivity index (χ2v) is 7.13. The second kappa shape index (κ2) is 9.61. The molecule has 0 radical (unpaired) electrons. The van der Waals surface area contributed by atoms with Gasteiger partial charge < -0.3 is 10.6 Å². The minimum absolute atomic E-state index is 0.100. The van der Waals surface area contributed by atoms with Crippen molar-refractivity contribution >= 4 is 23.1 Å². The lowest BCUT2D eigenvalue weighted by Gasteiger charge is -2.17. The van der Waals surface area contributed by atoms with Gasteiger partial charge in [-0.15, -0.1) is 0 Å². The van der Waals surface area contributed by atoms with Crippen molar-refractivity contribution in [3.63, 3.8) is 0 Å². The lowest BCUT2D eigenvalue weighted by Crippen LogP contribution is -2.13. The molecule has 3 aromatic rings. The number of anilines is 4. The molecule has 1 heterocycles. The van der Waals surface area contributed by atoms with Crippen LogP contribution in [0, 0.1) is 6.92 Å². The van der Waals surface area contributed by atoms with Gasteiger partial charge in [-0.3, -0.25) is 0 Å². The molecule has 0 aliphatic rings. The molecule has 0 fully saturated rings. The number of hydrogen-bond donors (Lipinski definition) is 2. The number of aromatic nitrogens is 2. The summed E-state index contributed by atoms with van der Waals surface area (Å²) in [5, 5.41) is 5.91. The number of alkyl halides is 3. The van der Waals surface area contributed by atoms with Crippen LogP contribution >= 0.6 is 0 Å². The number of hydrogen-bond acceptors (Lipinski definition) is 4. The number of unbranched alkanes of at least 4 members (excludes halogenated alkanes) is 2. The van der Waals surface area contributed by atoms with Crippen molar-refractivity contribution in [2.24, 2.45) is 0 Å². The van der Waals surface area contributed by atoms with Gasteiger partial charge in [0, 0.05) is 17.6 Å². The van der Waals surface area contributed by atoms with Crippen LogP contribution < -0.4 is 10.6 Å². The van der Waals surface area contributed by atoms with E-state index in [4.69, 9.17) is 0 Å². The number of para-hydroxylation sites is 2. The molecule has 0 aliphatic carbocycles. The van der Waals surface area contributed by atoms with E-state index in [9.17, 15) is 13.2 Å². The molecule has 0 bridgehead atoms. The predicted octanol–water partition coefficient (Wildman–Crippen LogP) is 7.02. The number of nitrogens with zero attached hydrogens (tertiary/aromatic N) is 2. The van der Waals surface area contributed by atoms with Crippen molar-refractivity contribution in [2.45, 2.75) is 45.7 Å². The minimum atomic E-state index is -4.57. The van der Waals surface area contributed by atoms with E-state index in [-0.39, 0.29) is 11.8 Å². The number of benzene rings is 2. The molecule has 0 atom stereocenters. The summed E-state index contributed by atoms with van der Waals surface area (Å²) in [6.45, 7) is 4.02. The molecule has 0 amide bonds. The molecular formula is C23H25F3N4. The third-order valence-electron chi connectivity index (χ3n) is 4.81. The van der Waals surface area contributed by atoms with Gasteiger partial charge in [-0.2, -0.15) is 18.2 Å². The lowest BCUT2D eigenvalue weighted by molar-refractivity contribution is -0.137. The zero-order valence-electron chi connectivity index (χ0n) is 17.1. The fraction of sp³-hybridized carbons (Fsp3) is 0.304. The van der Waals surface area contributed by atoms with Crippen LogP contribution in [0.2, 0.25) is 0 Å². The van der Waals surface area contributed by atoms with E-state index in [1.165, 1.54) is 0 Å². The Labute approximate surface area is 174 Å². The lowest BCUT2D eigenvalue weighted by atomic mass is 10.1. The van der Waals surface area contributed by atoms with E-state index in [0.29, 0.717) is 5.69 Å². The van der Waals surface area contributed by atoms with Crippen molar-refractivity contribution in [1.29, 1.82) is 0 Å². The van der Waals surface area contributed by atoms with E-state index in [1.807, 2.05) is 43.3 Å². The zero-order valence-corrected chi connectivity index (χ0v) is 17.1. The standard InChI is InChI=1S/C23H25F3N4/c1-3-4-5-11-17-12-7-9-14-20(17)28-21-18(23(24,25)26)15-27-22(30-21)29-19-13-8-6-10-16(19)2/h6-10,12-15H,3-5,11H2,1-2H3,(H2,27,28,29,30). The molecule has 2 N–H and O–H groups in total.